The van der Waals surface area contributed by atoms with Gasteiger partial charge in [-0.1, -0.05) is 268 Å². The summed E-state index contributed by atoms with van der Waals surface area (Å²) in [6.45, 7) is 2.81. The summed E-state index contributed by atoms with van der Waals surface area (Å²) < 4.78 is 22.8. The second-order valence-electron chi connectivity index (χ2n) is 24.3. The molecule has 2 rings (SSSR count). The van der Waals surface area contributed by atoms with E-state index in [2.05, 4.69) is 55.6 Å². The smallest absolute Gasteiger partial charge is 0.220 e. The van der Waals surface area contributed by atoms with Gasteiger partial charge in [0.2, 0.25) is 5.91 Å². The van der Waals surface area contributed by atoms with E-state index in [1.54, 1.807) is 6.08 Å². The van der Waals surface area contributed by atoms with Crippen LogP contribution in [0.3, 0.4) is 0 Å². The molecular formula is C69H127NO13. The lowest BCUT2D eigenvalue weighted by atomic mass is 9.97. The molecule has 0 aromatic rings. The van der Waals surface area contributed by atoms with Crippen LogP contribution in [0.4, 0.5) is 0 Å². The fraction of sp³-hybridized carbons (Fsp3) is 0.870. The highest BCUT2D eigenvalue weighted by molar-refractivity contribution is 5.76. The normalized spacial score (nSPS) is 24.1. The van der Waals surface area contributed by atoms with Gasteiger partial charge in [-0.15, -0.1) is 0 Å². The minimum atomic E-state index is -1.79. The Morgan fingerprint density at radius 1 is 0.434 bits per heavy atom. The molecule has 14 nitrogen and oxygen atoms in total. The van der Waals surface area contributed by atoms with Crippen molar-refractivity contribution in [1.82, 2.24) is 5.32 Å². The number of aliphatic hydroxyl groups is 8. The Kier molecular flexibility index (Phi) is 50.2. The molecular weight excluding hydrogens is 1050 g/mol. The number of unbranched alkanes of at least 4 members (excludes halogenated alkanes) is 37. The number of amides is 1. The van der Waals surface area contributed by atoms with Crippen molar-refractivity contribution in [1.29, 1.82) is 0 Å². The van der Waals surface area contributed by atoms with Gasteiger partial charge in [0.15, 0.2) is 12.6 Å². The maximum absolute atomic E-state index is 13.3. The molecule has 0 spiro atoms. The van der Waals surface area contributed by atoms with Crippen molar-refractivity contribution in [3.05, 3.63) is 48.6 Å². The van der Waals surface area contributed by atoms with E-state index in [-0.39, 0.29) is 18.9 Å². The van der Waals surface area contributed by atoms with Gasteiger partial charge in [-0.2, -0.15) is 0 Å². The van der Waals surface area contributed by atoms with Gasteiger partial charge in [0, 0.05) is 6.42 Å². The Hall–Kier alpha value is -2.05. The minimum absolute atomic E-state index is 0.249. The molecule has 0 aromatic carbocycles. The Balaban J connectivity index is 1.72. The van der Waals surface area contributed by atoms with Gasteiger partial charge in [-0.3, -0.25) is 4.79 Å². The number of hydrogen-bond acceptors (Lipinski definition) is 13. The number of allylic oxidation sites excluding steroid dienone is 7. The topological polar surface area (TPSA) is 228 Å². The molecule has 12 atom stereocenters. The van der Waals surface area contributed by atoms with E-state index in [0.717, 1.165) is 38.5 Å². The van der Waals surface area contributed by atoms with Gasteiger partial charge >= 0.3 is 0 Å². The summed E-state index contributed by atoms with van der Waals surface area (Å²) in [5.41, 5.74) is 0. The lowest BCUT2D eigenvalue weighted by Gasteiger charge is -2.46. The van der Waals surface area contributed by atoms with Gasteiger partial charge < -0.3 is 65.1 Å². The van der Waals surface area contributed by atoms with Crippen LogP contribution in [0, 0.1) is 0 Å². The maximum Gasteiger partial charge on any atom is 0.220 e. The molecule has 2 fully saturated rings. The number of rotatable bonds is 56. The Morgan fingerprint density at radius 3 is 1.25 bits per heavy atom. The summed E-state index contributed by atoms with van der Waals surface area (Å²) in [6, 6.07) is -0.935. The van der Waals surface area contributed by atoms with Gasteiger partial charge in [-0.25, -0.2) is 0 Å². The fourth-order valence-corrected chi connectivity index (χ4v) is 11.2. The number of carbonyl (C=O) groups is 1. The van der Waals surface area contributed by atoms with E-state index in [1.165, 1.54) is 218 Å². The number of ether oxygens (including phenoxy) is 4. The molecule has 486 valence electrons. The Labute approximate surface area is 505 Å². The molecule has 0 radical (unpaired) electrons. The van der Waals surface area contributed by atoms with Crippen molar-refractivity contribution < 1.29 is 64.6 Å². The number of nitrogens with one attached hydrogen (secondary N) is 1. The zero-order valence-corrected chi connectivity index (χ0v) is 52.7. The van der Waals surface area contributed by atoms with E-state index in [0.29, 0.717) is 12.8 Å². The molecule has 0 aromatic heterocycles. The van der Waals surface area contributed by atoms with Crippen molar-refractivity contribution in [3.8, 4) is 0 Å². The predicted molar refractivity (Wildman–Crippen MR) is 337 cm³/mol. The van der Waals surface area contributed by atoms with E-state index >= 15 is 0 Å². The van der Waals surface area contributed by atoms with Gasteiger partial charge in [0.1, 0.15) is 48.8 Å². The molecule has 2 heterocycles. The highest BCUT2D eigenvalue weighted by atomic mass is 16.7. The molecule has 2 aliphatic heterocycles. The molecule has 0 saturated carbocycles. The van der Waals surface area contributed by atoms with Crippen molar-refractivity contribution in [2.24, 2.45) is 0 Å². The van der Waals surface area contributed by atoms with Gasteiger partial charge in [-0.05, 0) is 64.2 Å². The molecule has 83 heavy (non-hydrogen) atoms. The zero-order valence-electron chi connectivity index (χ0n) is 52.7. The van der Waals surface area contributed by atoms with Crippen LogP contribution in [0.15, 0.2) is 48.6 Å². The average molecular weight is 1180 g/mol. The van der Waals surface area contributed by atoms with Crippen LogP contribution in [-0.4, -0.2) is 140 Å². The Morgan fingerprint density at radius 2 is 0.807 bits per heavy atom. The van der Waals surface area contributed by atoms with Gasteiger partial charge in [0.25, 0.3) is 0 Å². The molecule has 2 saturated heterocycles. The molecule has 2 aliphatic rings. The lowest BCUT2D eigenvalue weighted by molar-refractivity contribution is -0.359. The van der Waals surface area contributed by atoms with Crippen LogP contribution in [0.2, 0.25) is 0 Å². The van der Waals surface area contributed by atoms with Crippen molar-refractivity contribution >= 4 is 5.91 Å². The second kappa shape index (κ2) is 54.1. The first-order valence-electron chi connectivity index (χ1n) is 34.4. The van der Waals surface area contributed by atoms with Crippen LogP contribution in [0.5, 0.6) is 0 Å². The molecule has 0 bridgehead atoms. The van der Waals surface area contributed by atoms with E-state index in [1.807, 2.05) is 6.08 Å². The van der Waals surface area contributed by atoms with Crippen LogP contribution >= 0.6 is 0 Å². The number of carbonyl (C=O) groups excluding carboxylic acids is 1. The monoisotopic (exact) mass is 1180 g/mol. The molecule has 1 amide bonds. The largest absolute Gasteiger partial charge is 0.394 e. The number of aliphatic hydroxyl groups excluding tert-OH is 8. The van der Waals surface area contributed by atoms with E-state index < -0.39 is 86.8 Å². The second-order valence-corrected chi connectivity index (χ2v) is 24.3. The zero-order chi connectivity index (χ0) is 60.2. The van der Waals surface area contributed by atoms with Crippen LogP contribution < -0.4 is 5.32 Å². The van der Waals surface area contributed by atoms with Crippen LogP contribution in [-0.2, 0) is 23.7 Å². The van der Waals surface area contributed by atoms with Crippen LogP contribution in [0.25, 0.3) is 0 Å². The molecule has 0 aliphatic carbocycles. The van der Waals surface area contributed by atoms with Crippen molar-refractivity contribution in [2.45, 2.75) is 364 Å². The molecule has 14 heteroatoms. The first-order chi connectivity index (χ1) is 40.6. The standard InChI is InChI=1S/C69H127NO13/c1-3-5-7-9-11-13-15-17-19-21-23-25-27-28-29-31-32-34-36-38-40-42-44-46-48-50-52-58(73)57(56-80-68-66(79)64(77)67(60(55-72)82-68)83-69-65(78)63(76)62(75)59(54-71)81-69)70-61(74)53-51-49-47-45-43-41-39-37-35-33-30-26-24-22-20-18-16-14-12-10-8-6-4-2/h16,18,22,24,42,44,50,52,57-60,62-69,71-73,75-79H,3-15,17,19-21,23,25-41,43,45-49,51,53-56H2,1-2H3,(H,70,74)/b18-16-,24-22-,44-42+,52-50+. The fourth-order valence-electron chi connectivity index (χ4n) is 11.2. The average Bonchev–Trinajstić information content (AvgIpc) is 3.64. The maximum atomic E-state index is 13.3. The summed E-state index contributed by atoms with van der Waals surface area (Å²) in [7, 11) is 0. The summed E-state index contributed by atoms with van der Waals surface area (Å²) in [6.07, 6.45) is 53.0. The first kappa shape index (κ1) is 77.0. The molecule has 9 N–H and O–H groups in total. The third kappa shape index (κ3) is 38.8. The van der Waals surface area contributed by atoms with Crippen molar-refractivity contribution in [2.75, 3.05) is 19.8 Å². The summed E-state index contributed by atoms with van der Waals surface area (Å²) in [5, 5.41) is 87.4. The van der Waals surface area contributed by atoms with E-state index in [4.69, 9.17) is 18.9 Å². The SMILES string of the molecule is CCCCCCC/C=C\C/C=C\CCCCCCCCCCCCCC(=O)NC(COC1OC(CO)C(OC2OC(CO)C(O)C(O)C2O)C(O)C1O)C(O)/C=C/CC/C=C/CCCCCCCCCCCCCCCCCCCCCC. The minimum Gasteiger partial charge on any atom is -0.394 e. The summed E-state index contributed by atoms with van der Waals surface area (Å²) in [5.74, 6) is -0.249. The third-order valence-electron chi connectivity index (χ3n) is 16.7. The Bertz CT molecular complexity index is 1580. The lowest BCUT2D eigenvalue weighted by Crippen LogP contribution is -2.65. The summed E-state index contributed by atoms with van der Waals surface area (Å²) in [4.78, 5) is 13.3. The third-order valence-corrected chi connectivity index (χ3v) is 16.7. The highest BCUT2D eigenvalue weighted by Crippen LogP contribution is 2.30. The first-order valence-corrected chi connectivity index (χ1v) is 34.4. The number of hydrogen-bond donors (Lipinski definition) is 9. The predicted octanol–water partition coefficient (Wildman–Crippen LogP) is 13.5. The van der Waals surface area contributed by atoms with Gasteiger partial charge in [0.05, 0.1) is 32.0 Å². The molecule has 12 unspecified atom stereocenters. The van der Waals surface area contributed by atoms with Crippen molar-refractivity contribution in [3.63, 3.8) is 0 Å². The van der Waals surface area contributed by atoms with Crippen LogP contribution in [0.1, 0.15) is 290 Å². The summed E-state index contributed by atoms with van der Waals surface area (Å²) >= 11 is 0. The van der Waals surface area contributed by atoms with E-state index in [9.17, 15) is 45.6 Å². The highest BCUT2D eigenvalue weighted by Gasteiger charge is 2.51. The quantitative estimate of drug-likeness (QED) is 0.0204.